The van der Waals surface area contributed by atoms with Gasteiger partial charge in [-0.1, -0.05) is 85.8 Å². The van der Waals surface area contributed by atoms with Gasteiger partial charge in [0.1, 0.15) is 0 Å². The van der Waals surface area contributed by atoms with Gasteiger partial charge in [0.05, 0.1) is 21.3 Å². The Morgan fingerprint density at radius 3 is 2.36 bits per heavy atom. The fourth-order valence-corrected chi connectivity index (χ4v) is 5.67. The molecule has 8 heteroatoms. The summed E-state index contributed by atoms with van der Waals surface area (Å²) in [6.45, 7) is 10.6. The van der Waals surface area contributed by atoms with Crippen LogP contribution in [-0.4, -0.2) is 54.6 Å². The third-order valence-electron chi connectivity index (χ3n) is 7.50. The smallest absolute Gasteiger partial charge is 0.253 e. The van der Waals surface area contributed by atoms with Crippen LogP contribution in [0.25, 0.3) is 11.3 Å². The molecule has 1 aliphatic heterocycles. The van der Waals surface area contributed by atoms with Crippen LogP contribution in [0.15, 0.2) is 54.6 Å². The minimum absolute atomic E-state index is 0. The Bertz CT molecular complexity index is 1190. The number of hydrogen-bond donors (Lipinski definition) is 1. The van der Waals surface area contributed by atoms with E-state index in [1.165, 1.54) is 19.3 Å². The number of nitrogens with one attached hydrogen (secondary N) is 1. The fourth-order valence-electron chi connectivity index (χ4n) is 5.26. The molecular weight excluding hydrogens is 551 g/mol. The monoisotopic (exact) mass is 590 g/mol. The lowest BCUT2D eigenvalue weighted by Crippen LogP contribution is -2.47. The number of carbonyl (C=O) groups excluding carboxylic acids is 1. The summed E-state index contributed by atoms with van der Waals surface area (Å²) in [6.07, 6.45) is 5.73. The second kappa shape index (κ2) is 15.6. The highest BCUT2D eigenvalue weighted by molar-refractivity contribution is 6.43. The van der Waals surface area contributed by atoms with Gasteiger partial charge in [-0.2, -0.15) is 0 Å². The van der Waals surface area contributed by atoms with Crippen LogP contribution in [0, 0.1) is 6.92 Å². The van der Waals surface area contributed by atoms with Gasteiger partial charge in [0.2, 0.25) is 0 Å². The Morgan fingerprint density at radius 1 is 0.897 bits per heavy atom. The highest BCUT2D eigenvalue weighted by Gasteiger charge is 2.21. The normalized spacial score (nSPS) is 13.8. The van der Waals surface area contributed by atoms with Crippen LogP contribution in [0.2, 0.25) is 10.0 Å². The van der Waals surface area contributed by atoms with Gasteiger partial charge in [-0.3, -0.25) is 9.69 Å². The lowest BCUT2D eigenvalue weighted by atomic mass is 10.1. The summed E-state index contributed by atoms with van der Waals surface area (Å²) in [5.41, 5.74) is 5.12. The van der Waals surface area contributed by atoms with Crippen LogP contribution in [0.3, 0.4) is 0 Å². The van der Waals surface area contributed by atoms with E-state index in [4.69, 9.17) is 23.2 Å². The Labute approximate surface area is 249 Å². The van der Waals surface area contributed by atoms with Gasteiger partial charge in [-0.25, -0.2) is 0 Å². The molecule has 0 atom stereocenters. The van der Waals surface area contributed by atoms with E-state index in [0.29, 0.717) is 16.6 Å². The molecule has 0 saturated carbocycles. The predicted molar refractivity (Wildman–Crippen MR) is 168 cm³/mol. The number of halogens is 3. The van der Waals surface area contributed by atoms with Crippen LogP contribution in [0.4, 0.5) is 5.69 Å². The summed E-state index contributed by atoms with van der Waals surface area (Å²) in [5, 5.41) is 4.40. The molecule has 1 aromatic heterocycles. The number of aromatic nitrogens is 1. The van der Waals surface area contributed by atoms with Crippen molar-refractivity contribution in [1.82, 2.24) is 14.8 Å². The minimum atomic E-state index is 0. The van der Waals surface area contributed by atoms with Crippen molar-refractivity contribution in [2.45, 2.75) is 52.5 Å². The quantitative estimate of drug-likeness (QED) is 0.219. The summed E-state index contributed by atoms with van der Waals surface area (Å²) in [7, 11) is 0. The van der Waals surface area contributed by atoms with Crippen molar-refractivity contribution >= 4 is 47.2 Å². The molecule has 1 amide bonds. The first-order valence-corrected chi connectivity index (χ1v) is 14.7. The number of hydrogen-bond acceptors (Lipinski definition) is 3. The molecule has 1 aliphatic rings. The molecule has 0 radical (unpaired) electrons. The van der Waals surface area contributed by atoms with Gasteiger partial charge in [0.15, 0.2) is 0 Å². The summed E-state index contributed by atoms with van der Waals surface area (Å²) >= 11 is 12.6. The molecule has 0 unspecified atom stereocenters. The average molecular weight is 592 g/mol. The van der Waals surface area contributed by atoms with Crippen molar-refractivity contribution in [1.29, 1.82) is 0 Å². The number of rotatable bonds is 12. The average Bonchev–Trinajstić information content (AvgIpc) is 3.27. The van der Waals surface area contributed by atoms with E-state index in [-0.39, 0.29) is 18.3 Å². The summed E-state index contributed by atoms with van der Waals surface area (Å²) in [4.78, 5) is 17.9. The Morgan fingerprint density at radius 2 is 1.64 bits per heavy atom. The lowest BCUT2D eigenvalue weighted by Gasteiger charge is -2.36. The molecule has 2 heterocycles. The molecule has 2 aromatic carbocycles. The molecule has 0 bridgehead atoms. The zero-order valence-corrected chi connectivity index (χ0v) is 25.4. The number of benzene rings is 2. The van der Waals surface area contributed by atoms with E-state index in [1.54, 1.807) is 0 Å². The number of anilines is 1. The maximum Gasteiger partial charge on any atom is 0.253 e. The van der Waals surface area contributed by atoms with Gasteiger partial charge >= 0.3 is 0 Å². The predicted octanol–water partition coefficient (Wildman–Crippen LogP) is 7.71. The van der Waals surface area contributed by atoms with Crippen LogP contribution >= 0.6 is 35.6 Å². The molecular formula is C31H41Cl3N4O. The summed E-state index contributed by atoms with van der Waals surface area (Å²) < 4.78 is 2.32. The number of amides is 1. The number of unbranched alkanes of at least 4 members (excludes halogenated alkanes) is 3. The standard InChI is InChI=1S/C31H40Cl2N4O.ClH/c1-3-4-5-9-18-37-24(2)26(23-29(37)25-12-7-6-8-13-25)31(38)34-16-11-17-35-19-21-36(22-20-35)28-15-10-14-27(32)30(28)33;/h6-8,10,12-15,23H,3-5,9,11,16-22H2,1-2H3,(H,34,38);1H. The molecule has 39 heavy (non-hydrogen) atoms. The fraction of sp³-hybridized carbons (Fsp3) is 0.452. The van der Waals surface area contributed by atoms with Gasteiger partial charge in [-0.15, -0.1) is 12.4 Å². The third kappa shape index (κ3) is 8.17. The van der Waals surface area contributed by atoms with Gasteiger partial charge < -0.3 is 14.8 Å². The molecule has 1 saturated heterocycles. The summed E-state index contributed by atoms with van der Waals surface area (Å²) in [5.74, 6) is 0.0207. The van der Waals surface area contributed by atoms with Crippen molar-refractivity contribution in [2.24, 2.45) is 0 Å². The maximum atomic E-state index is 13.2. The van der Waals surface area contributed by atoms with Crippen LogP contribution in [-0.2, 0) is 6.54 Å². The second-order valence-corrected chi connectivity index (χ2v) is 10.9. The Balaban J connectivity index is 0.00000420. The topological polar surface area (TPSA) is 40.5 Å². The summed E-state index contributed by atoms with van der Waals surface area (Å²) in [6, 6.07) is 18.3. The zero-order valence-electron chi connectivity index (χ0n) is 23.1. The van der Waals surface area contributed by atoms with Gasteiger partial charge in [-0.05, 0) is 50.1 Å². The van der Waals surface area contributed by atoms with Crippen LogP contribution in [0.1, 0.15) is 55.1 Å². The molecule has 1 N–H and O–H groups in total. The van der Waals surface area contributed by atoms with Crippen molar-refractivity contribution in [3.05, 3.63) is 75.9 Å². The van der Waals surface area contributed by atoms with E-state index in [2.05, 4.69) is 63.9 Å². The first kappa shape index (κ1) is 31.3. The van der Waals surface area contributed by atoms with Crippen molar-refractivity contribution in [2.75, 3.05) is 44.2 Å². The van der Waals surface area contributed by atoms with Crippen molar-refractivity contribution < 1.29 is 4.79 Å². The highest BCUT2D eigenvalue weighted by Crippen LogP contribution is 2.33. The SMILES string of the molecule is CCCCCCn1c(-c2ccccc2)cc(C(=O)NCCCN2CCN(c3cccc(Cl)c3Cl)CC2)c1C.Cl. The van der Waals surface area contributed by atoms with Crippen LogP contribution in [0.5, 0.6) is 0 Å². The molecule has 0 spiro atoms. The van der Waals surface area contributed by atoms with E-state index in [1.807, 2.05) is 24.3 Å². The molecule has 3 aromatic rings. The molecule has 4 rings (SSSR count). The van der Waals surface area contributed by atoms with Crippen molar-refractivity contribution in [3.63, 3.8) is 0 Å². The first-order valence-electron chi connectivity index (χ1n) is 13.9. The van der Waals surface area contributed by atoms with Crippen molar-refractivity contribution in [3.8, 4) is 11.3 Å². The highest BCUT2D eigenvalue weighted by atomic mass is 35.5. The second-order valence-electron chi connectivity index (χ2n) is 10.1. The van der Waals surface area contributed by atoms with Gasteiger partial charge in [0.25, 0.3) is 5.91 Å². The maximum absolute atomic E-state index is 13.2. The first-order chi connectivity index (χ1) is 18.5. The zero-order chi connectivity index (χ0) is 26.9. The molecule has 1 fully saturated rings. The van der Waals surface area contributed by atoms with E-state index in [0.717, 1.165) is 80.3 Å². The molecule has 0 aliphatic carbocycles. The van der Waals surface area contributed by atoms with E-state index >= 15 is 0 Å². The Kier molecular flexibility index (Phi) is 12.5. The third-order valence-corrected chi connectivity index (χ3v) is 8.31. The number of nitrogens with zero attached hydrogens (tertiary/aromatic N) is 3. The minimum Gasteiger partial charge on any atom is -0.368 e. The Hall–Kier alpha value is -2.18. The molecule has 5 nitrogen and oxygen atoms in total. The molecule has 212 valence electrons. The number of carbonyl (C=O) groups is 1. The lowest BCUT2D eigenvalue weighted by molar-refractivity contribution is 0.0950. The van der Waals surface area contributed by atoms with Crippen LogP contribution < -0.4 is 10.2 Å². The largest absolute Gasteiger partial charge is 0.368 e. The van der Waals surface area contributed by atoms with Gasteiger partial charge in [0, 0.05) is 50.7 Å². The van der Waals surface area contributed by atoms with E-state index < -0.39 is 0 Å². The van der Waals surface area contributed by atoms with E-state index in [9.17, 15) is 4.79 Å². The number of piperazine rings is 1.